The highest BCUT2D eigenvalue weighted by atomic mass is 79.9. The number of amides is 1. The van der Waals surface area contributed by atoms with E-state index in [9.17, 15) is 15.0 Å². The van der Waals surface area contributed by atoms with Gasteiger partial charge in [0.15, 0.2) is 0 Å². The van der Waals surface area contributed by atoms with E-state index < -0.39 is 5.91 Å². The Morgan fingerprint density at radius 3 is 2.65 bits per heavy atom. The molecule has 5 nitrogen and oxygen atoms in total. The van der Waals surface area contributed by atoms with Crippen LogP contribution in [0.1, 0.15) is 10.4 Å². The summed E-state index contributed by atoms with van der Waals surface area (Å²) in [7, 11) is 1.52. The molecule has 20 heavy (non-hydrogen) atoms. The minimum atomic E-state index is -0.535. The molecule has 0 heterocycles. The van der Waals surface area contributed by atoms with Crippen LogP contribution in [0.3, 0.4) is 0 Å². The molecule has 0 aliphatic rings. The van der Waals surface area contributed by atoms with Gasteiger partial charge in [0.2, 0.25) is 0 Å². The van der Waals surface area contributed by atoms with Gasteiger partial charge in [-0.3, -0.25) is 4.79 Å². The van der Waals surface area contributed by atoms with Crippen molar-refractivity contribution in [2.75, 3.05) is 12.4 Å². The van der Waals surface area contributed by atoms with Gasteiger partial charge in [-0.25, -0.2) is 0 Å². The predicted molar refractivity (Wildman–Crippen MR) is 78.4 cm³/mol. The Labute approximate surface area is 123 Å². The second-order valence-corrected chi connectivity index (χ2v) is 4.86. The number of carbonyl (C=O) groups is 1. The van der Waals surface area contributed by atoms with Crippen LogP contribution in [-0.4, -0.2) is 23.2 Å². The van der Waals surface area contributed by atoms with Gasteiger partial charge in [0.25, 0.3) is 5.91 Å². The highest BCUT2D eigenvalue weighted by Gasteiger charge is 2.14. The highest BCUT2D eigenvalue weighted by molar-refractivity contribution is 9.10. The molecule has 0 aliphatic heterocycles. The summed E-state index contributed by atoms with van der Waals surface area (Å²) in [5, 5.41) is 21.6. The lowest BCUT2D eigenvalue weighted by atomic mass is 10.1. The van der Waals surface area contributed by atoms with E-state index in [2.05, 4.69) is 21.2 Å². The SMILES string of the molecule is COc1ccc(Br)c(NC(=O)c2cc(O)ccc2O)c1. The topological polar surface area (TPSA) is 78.8 Å². The molecule has 0 aromatic heterocycles. The third-order valence-electron chi connectivity index (χ3n) is 2.65. The van der Waals surface area contributed by atoms with E-state index in [1.54, 1.807) is 18.2 Å². The lowest BCUT2D eigenvalue weighted by Gasteiger charge is -2.10. The normalized spacial score (nSPS) is 10.1. The average molecular weight is 338 g/mol. The number of anilines is 1. The maximum absolute atomic E-state index is 12.1. The molecular weight excluding hydrogens is 326 g/mol. The molecule has 0 spiro atoms. The lowest BCUT2D eigenvalue weighted by Crippen LogP contribution is -2.12. The van der Waals surface area contributed by atoms with Crippen LogP contribution in [0, 0.1) is 0 Å². The van der Waals surface area contributed by atoms with Gasteiger partial charge < -0.3 is 20.3 Å². The number of rotatable bonds is 3. The second kappa shape index (κ2) is 5.83. The second-order valence-electron chi connectivity index (χ2n) is 4.00. The summed E-state index contributed by atoms with van der Waals surface area (Å²) < 4.78 is 5.75. The van der Waals surface area contributed by atoms with Gasteiger partial charge >= 0.3 is 0 Å². The molecule has 6 heteroatoms. The van der Waals surface area contributed by atoms with Crippen molar-refractivity contribution in [2.24, 2.45) is 0 Å². The minimum Gasteiger partial charge on any atom is -0.508 e. The lowest BCUT2D eigenvalue weighted by molar-refractivity contribution is 0.102. The molecule has 2 aromatic carbocycles. The molecular formula is C14H12BrNO4. The first-order chi connectivity index (χ1) is 9.51. The Kier molecular flexibility index (Phi) is 4.14. The molecule has 2 aromatic rings. The monoisotopic (exact) mass is 337 g/mol. The van der Waals surface area contributed by atoms with Crippen LogP contribution < -0.4 is 10.1 Å². The number of hydrogen-bond acceptors (Lipinski definition) is 4. The van der Waals surface area contributed by atoms with Crippen molar-refractivity contribution in [3.8, 4) is 17.2 Å². The molecule has 2 rings (SSSR count). The smallest absolute Gasteiger partial charge is 0.259 e. The number of halogens is 1. The van der Waals surface area contributed by atoms with Crippen LogP contribution in [0.25, 0.3) is 0 Å². The van der Waals surface area contributed by atoms with Gasteiger partial charge in [-0.05, 0) is 46.3 Å². The number of phenols is 2. The van der Waals surface area contributed by atoms with E-state index in [0.29, 0.717) is 15.9 Å². The molecule has 0 fully saturated rings. The summed E-state index contributed by atoms with van der Waals surface area (Å²) in [6.07, 6.45) is 0. The first kappa shape index (κ1) is 14.2. The van der Waals surface area contributed by atoms with Crippen molar-refractivity contribution in [2.45, 2.75) is 0 Å². The van der Waals surface area contributed by atoms with E-state index in [1.165, 1.54) is 25.3 Å². The number of carbonyl (C=O) groups excluding carboxylic acids is 1. The van der Waals surface area contributed by atoms with E-state index in [0.717, 1.165) is 0 Å². The zero-order valence-corrected chi connectivity index (χ0v) is 12.1. The molecule has 0 saturated heterocycles. The molecule has 0 radical (unpaired) electrons. The standard InChI is InChI=1S/C14H12BrNO4/c1-20-9-3-4-11(15)12(7-9)16-14(19)10-6-8(17)2-5-13(10)18/h2-7,17-18H,1H3,(H,16,19). The Bertz CT molecular complexity index is 658. The van der Waals surface area contributed by atoms with Crippen LogP contribution in [-0.2, 0) is 0 Å². The van der Waals surface area contributed by atoms with Crippen molar-refractivity contribution < 1.29 is 19.7 Å². The first-order valence-corrected chi connectivity index (χ1v) is 6.47. The van der Waals surface area contributed by atoms with Crippen LogP contribution in [0.15, 0.2) is 40.9 Å². The van der Waals surface area contributed by atoms with Gasteiger partial charge in [-0.2, -0.15) is 0 Å². The van der Waals surface area contributed by atoms with Crippen molar-refractivity contribution in [1.82, 2.24) is 0 Å². The Balaban J connectivity index is 2.30. The Hall–Kier alpha value is -2.21. The molecule has 0 aliphatic carbocycles. The van der Waals surface area contributed by atoms with Crippen molar-refractivity contribution in [3.05, 3.63) is 46.4 Å². The van der Waals surface area contributed by atoms with Crippen molar-refractivity contribution in [1.29, 1.82) is 0 Å². The fourth-order valence-corrected chi connectivity index (χ4v) is 1.97. The maximum atomic E-state index is 12.1. The van der Waals surface area contributed by atoms with E-state index in [-0.39, 0.29) is 17.1 Å². The fraction of sp³-hybridized carbons (Fsp3) is 0.0714. The summed E-state index contributed by atoms with van der Waals surface area (Å²) in [5.74, 6) is -0.257. The summed E-state index contributed by atoms with van der Waals surface area (Å²) in [5.41, 5.74) is 0.483. The van der Waals surface area contributed by atoms with E-state index in [4.69, 9.17) is 4.74 Å². The summed E-state index contributed by atoms with van der Waals surface area (Å²) >= 11 is 3.31. The maximum Gasteiger partial charge on any atom is 0.259 e. The van der Waals surface area contributed by atoms with Gasteiger partial charge in [0.1, 0.15) is 17.2 Å². The molecule has 3 N–H and O–H groups in total. The molecule has 104 valence electrons. The molecule has 1 amide bonds. The number of ether oxygens (including phenoxy) is 1. The third kappa shape index (κ3) is 3.03. The van der Waals surface area contributed by atoms with Gasteiger partial charge in [-0.15, -0.1) is 0 Å². The Morgan fingerprint density at radius 1 is 1.20 bits per heavy atom. The van der Waals surface area contributed by atoms with Crippen LogP contribution >= 0.6 is 15.9 Å². The van der Waals surface area contributed by atoms with Gasteiger partial charge in [-0.1, -0.05) is 0 Å². The predicted octanol–water partition coefficient (Wildman–Crippen LogP) is 3.12. The fourth-order valence-electron chi connectivity index (χ4n) is 1.62. The van der Waals surface area contributed by atoms with Gasteiger partial charge in [0.05, 0.1) is 18.4 Å². The molecule has 0 saturated carbocycles. The molecule has 0 atom stereocenters. The third-order valence-corrected chi connectivity index (χ3v) is 3.34. The van der Waals surface area contributed by atoms with Crippen LogP contribution in [0.4, 0.5) is 5.69 Å². The number of nitrogens with one attached hydrogen (secondary N) is 1. The number of aromatic hydroxyl groups is 2. The van der Waals surface area contributed by atoms with Crippen LogP contribution in [0.2, 0.25) is 0 Å². The van der Waals surface area contributed by atoms with Crippen molar-refractivity contribution in [3.63, 3.8) is 0 Å². The number of benzene rings is 2. The summed E-state index contributed by atoms with van der Waals surface area (Å²) in [6.45, 7) is 0. The van der Waals surface area contributed by atoms with Crippen molar-refractivity contribution >= 4 is 27.5 Å². The summed E-state index contributed by atoms with van der Waals surface area (Å²) in [4.78, 5) is 12.1. The van der Waals surface area contributed by atoms with Crippen LogP contribution in [0.5, 0.6) is 17.2 Å². The zero-order chi connectivity index (χ0) is 14.7. The largest absolute Gasteiger partial charge is 0.508 e. The Morgan fingerprint density at radius 2 is 1.95 bits per heavy atom. The summed E-state index contributed by atoms with van der Waals surface area (Å²) in [6, 6.07) is 8.86. The van der Waals surface area contributed by atoms with E-state index in [1.807, 2.05) is 0 Å². The minimum absolute atomic E-state index is 0.0141. The zero-order valence-electron chi connectivity index (χ0n) is 10.6. The van der Waals surface area contributed by atoms with Gasteiger partial charge in [0, 0.05) is 10.5 Å². The average Bonchev–Trinajstić information content (AvgIpc) is 2.43. The van der Waals surface area contributed by atoms with E-state index >= 15 is 0 Å². The number of methoxy groups -OCH3 is 1. The number of hydrogen-bond donors (Lipinski definition) is 3. The quantitative estimate of drug-likeness (QED) is 0.752. The number of phenolic OH excluding ortho intramolecular Hbond substituents is 2. The molecule has 0 bridgehead atoms. The highest BCUT2D eigenvalue weighted by Crippen LogP contribution is 2.29. The molecule has 0 unspecified atom stereocenters. The first-order valence-electron chi connectivity index (χ1n) is 5.68.